The second kappa shape index (κ2) is 6.96. The summed E-state index contributed by atoms with van der Waals surface area (Å²) in [4.78, 5) is 1.49. The monoisotopic (exact) mass is 313 g/mol. The Bertz CT molecular complexity index is 525. The Morgan fingerprint density at radius 2 is 1.65 bits per heavy atom. The highest BCUT2D eigenvalue weighted by molar-refractivity contribution is 8.00. The zero-order valence-corrected chi connectivity index (χ0v) is 13.6. The van der Waals surface area contributed by atoms with Gasteiger partial charge in [0.15, 0.2) is 9.84 Å². The number of rotatable bonds is 3. The van der Waals surface area contributed by atoms with E-state index in [9.17, 15) is 8.42 Å². The molecule has 0 bridgehead atoms. The van der Waals surface area contributed by atoms with E-state index in [1.54, 1.807) is 23.9 Å². The molecule has 3 nitrogen and oxygen atoms in total. The smallest absolute Gasteiger partial charge is 0.175 e. The van der Waals surface area contributed by atoms with Crippen LogP contribution < -0.4 is 5.73 Å². The van der Waals surface area contributed by atoms with E-state index in [1.807, 2.05) is 12.1 Å². The molecule has 0 spiro atoms. The molecule has 0 radical (unpaired) electrons. The molecule has 0 amide bonds. The van der Waals surface area contributed by atoms with E-state index in [4.69, 9.17) is 5.73 Å². The second-order valence-corrected chi connectivity index (χ2v) is 8.88. The second-order valence-electron chi connectivity index (χ2n) is 5.56. The number of hydrogen-bond donors (Lipinski definition) is 1. The van der Waals surface area contributed by atoms with E-state index in [0.29, 0.717) is 10.1 Å². The van der Waals surface area contributed by atoms with Crippen molar-refractivity contribution in [3.8, 4) is 0 Å². The molecule has 20 heavy (non-hydrogen) atoms. The fourth-order valence-electron chi connectivity index (χ4n) is 2.57. The van der Waals surface area contributed by atoms with Crippen molar-refractivity contribution in [2.45, 2.75) is 59.6 Å². The van der Waals surface area contributed by atoms with Crippen LogP contribution in [0.1, 0.15) is 38.5 Å². The molecule has 5 heteroatoms. The van der Waals surface area contributed by atoms with Crippen molar-refractivity contribution < 1.29 is 8.42 Å². The lowest BCUT2D eigenvalue weighted by atomic mass is 9.97. The molecule has 0 saturated heterocycles. The Balaban J connectivity index is 2.04. The van der Waals surface area contributed by atoms with E-state index in [1.165, 1.54) is 31.9 Å². The van der Waals surface area contributed by atoms with E-state index in [0.717, 1.165) is 17.7 Å². The molecule has 2 unspecified atom stereocenters. The van der Waals surface area contributed by atoms with Crippen LogP contribution in [-0.2, 0) is 9.84 Å². The van der Waals surface area contributed by atoms with Gasteiger partial charge in [0.25, 0.3) is 0 Å². The van der Waals surface area contributed by atoms with Crippen molar-refractivity contribution >= 4 is 21.6 Å². The Morgan fingerprint density at radius 3 is 2.25 bits per heavy atom. The first-order valence-corrected chi connectivity index (χ1v) is 9.96. The molecule has 1 aromatic rings. The fraction of sp³-hybridized carbons (Fsp3) is 0.600. The number of benzene rings is 1. The van der Waals surface area contributed by atoms with Crippen LogP contribution in [-0.4, -0.2) is 26.0 Å². The summed E-state index contributed by atoms with van der Waals surface area (Å²) in [5, 5.41) is 0.444. The molecule has 2 rings (SSSR count). The highest BCUT2D eigenvalue weighted by atomic mass is 32.2. The molecule has 1 aliphatic carbocycles. The maximum Gasteiger partial charge on any atom is 0.175 e. The Morgan fingerprint density at radius 1 is 1.05 bits per heavy atom. The van der Waals surface area contributed by atoms with Gasteiger partial charge in [0.2, 0.25) is 0 Å². The van der Waals surface area contributed by atoms with Crippen molar-refractivity contribution in [3.63, 3.8) is 0 Å². The van der Waals surface area contributed by atoms with Crippen LogP contribution in [0.5, 0.6) is 0 Å². The third-order valence-corrected chi connectivity index (χ3v) is 6.35. The van der Waals surface area contributed by atoms with Gasteiger partial charge in [-0.15, -0.1) is 11.8 Å². The number of thioether (sulfide) groups is 1. The Kier molecular flexibility index (Phi) is 5.52. The van der Waals surface area contributed by atoms with Gasteiger partial charge in [-0.25, -0.2) is 8.42 Å². The van der Waals surface area contributed by atoms with Crippen molar-refractivity contribution in [1.82, 2.24) is 0 Å². The Hall–Kier alpha value is -0.520. The number of sulfone groups is 1. The zero-order valence-electron chi connectivity index (χ0n) is 11.9. The first-order valence-electron chi connectivity index (χ1n) is 7.19. The zero-order chi connectivity index (χ0) is 14.6. The molecule has 1 fully saturated rings. The van der Waals surface area contributed by atoms with Crippen molar-refractivity contribution in [3.05, 3.63) is 24.3 Å². The van der Waals surface area contributed by atoms with Gasteiger partial charge in [-0.1, -0.05) is 25.7 Å². The van der Waals surface area contributed by atoms with E-state index in [-0.39, 0.29) is 6.04 Å². The van der Waals surface area contributed by atoms with Crippen LogP contribution in [0.15, 0.2) is 34.1 Å². The largest absolute Gasteiger partial charge is 0.327 e. The lowest BCUT2D eigenvalue weighted by molar-refractivity contribution is 0.463. The topological polar surface area (TPSA) is 60.2 Å². The fourth-order valence-corrected chi connectivity index (χ4v) is 4.43. The minimum Gasteiger partial charge on any atom is -0.327 e. The SMILES string of the molecule is CS(=O)(=O)c1ccc(SC2CCCCCCC2N)cc1. The van der Waals surface area contributed by atoms with Gasteiger partial charge in [0, 0.05) is 22.4 Å². The quantitative estimate of drug-likeness (QED) is 0.930. The van der Waals surface area contributed by atoms with Gasteiger partial charge >= 0.3 is 0 Å². The summed E-state index contributed by atoms with van der Waals surface area (Å²) in [7, 11) is -3.11. The van der Waals surface area contributed by atoms with Crippen molar-refractivity contribution in [1.29, 1.82) is 0 Å². The lowest BCUT2D eigenvalue weighted by Crippen LogP contribution is -2.33. The van der Waals surface area contributed by atoms with Gasteiger partial charge < -0.3 is 5.73 Å². The molecule has 112 valence electrons. The molecular formula is C15H23NO2S2. The summed E-state index contributed by atoms with van der Waals surface area (Å²) in [6.07, 6.45) is 8.56. The minimum absolute atomic E-state index is 0.245. The van der Waals surface area contributed by atoms with Crippen molar-refractivity contribution in [2.75, 3.05) is 6.26 Å². The summed E-state index contributed by atoms with van der Waals surface area (Å²) in [6, 6.07) is 7.41. The molecule has 2 N–H and O–H groups in total. The molecule has 0 aromatic heterocycles. The van der Waals surface area contributed by atoms with Gasteiger partial charge in [-0.2, -0.15) is 0 Å². The van der Waals surface area contributed by atoms with Crippen LogP contribution in [0.4, 0.5) is 0 Å². The molecule has 1 saturated carbocycles. The predicted molar refractivity (Wildman–Crippen MR) is 84.9 cm³/mol. The van der Waals surface area contributed by atoms with Gasteiger partial charge in [0.05, 0.1) is 4.90 Å². The summed E-state index contributed by atoms with van der Waals surface area (Å²) < 4.78 is 22.9. The molecule has 1 aliphatic rings. The minimum atomic E-state index is -3.11. The molecule has 1 aromatic carbocycles. The number of hydrogen-bond acceptors (Lipinski definition) is 4. The third kappa shape index (κ3) is 4.50. The van der Waals surface area contributed by atoms with E-state index < -0.39 is 9.84 Å². The maximum absolute atomic E-state index is 11.4. The predicted octanol–water partition coefficient (Wildman–Crippen LogP) is 3.23. The van der Waals surface area contributed by atoms with E-state index >= 15 is 0 Å². The van der Waals surface area contributed by atoms with Crippen LogP contribution in [0, 0.1) is 0 Å². The molecular weight excluding hydrogens is 290 g/mol. The van der Waals surface area contributed by atoms with Gasteiger partial charge in [-0.3, -0.25) is 0 Å². The van der Waals surface area contributed by atoms with Crippen LogP contribution >= 0.6 is 11.8 Å². The molecule has 0 heterocycles. The number of nitrogens with two attached hydrogens (primary N) is 1. The van der Waals surface area contributed by atoms with Crippen LogP contribution in [0.3, 0.4) is 0 Å². The standard InChI is InChI=1S/C15H23NO2S2/c1-20(17,18)13-10-8-12(9-11-13)19-15-7-5-3-2-4-6-14(15)16/h8-11,14-15H,2-7,16H2,1H3. The maximum atomic E-state index is 11.4. The first kappa shape index (κ1) is 15.9. The average molecular weight is 313 g/mol. The lowest BCUT2D eigenvalue weighted by Gasteiger charge is -2.25. The van der Waals surface area contributed by atoms with E-state index in [2.05, 4.69) is 0 Å². The molecule has 0 aliphatic heterocycles. The van der Waals surface area contributed by atoms with Crippen molar-refractivity contribution in [2.24, 2.45) is 5.73 Å². The van der Waals surface area contributed by atoms with Gasteiger partial charge in [-0.05, 0) is 37.1 Å². The van der Waals surface area contributed by atoms with Crippen LogP contribution in [0.25, 0.3) is 0 Å². The third-order valence-electron chi connectivity index (χ3n) is 3.79. The summed E-state index contributed by atoms with van der Waals surface area (Å²) in [6.45, 7) is 0. The summed E-state index contributed by atoms with van der Waals surface area (Å²) in [5.41, 5.74) is 6.28. The first-order chi connectivity index (χ1) is 9.47. The highest BCUT2D eigenvalue weighted by Crippen LogP contribution is 2.32. The average Bonchev–Trinajstić information content (AvgIpc) is 2.38. The summed E-state index contributed by atoms with van der Waals surface area (Å²) >= 11 is 1.79. The van der Waals surface area contributed by atoms with Gasteiger partial charge in [0.1, 0.15) is 0 Å². The Labute approximate surface area is 126 Å². The normalized spacial score (nSPS) is 24.9. The highest BCUT2D eigenvalue weighted by Gasteiger charge is 2.20. The van der Waals surface area contributed by atoms with Crippen LogP contribution in [0.2, 0.25) is 0 Å². The summed E-state index contributed by atoms with van der Waals surface area (Å²) in [5.74, 6) is 0. The molecule has 2 atom stereocenters.